The summed E-state index contributed by atoms with van der Waals surface area (Å²) in [4.78, 5) is 15.6. The normalized spacial score (nSPS) is 15.8. The van der Waals surface area contributed by atoms with E-state index in [4.69, 9.17) is 10.2 Å². The highest BCUT2D eigenvalue weighted by Crippen LogP contribution is 2.39. The highest BCUT2D eigenvalue weighted by atomic mass is 79.9. The summed E-state index contributed by atoms with van der Waals surface area (Å²) in [7, 11) is 0. The van der Waals surface area contributed by atoms with Crippen LogP contribution < -0.4 is 5.73 Å². The van der Waals surface area contributed by atoms with Gasteiger partial charge in [-0.05, 0) is 75.1 Å². The van der Waals surface area contributed by atoms with E-state index in [1.165, 1.54) is 19.4 Å². The lowest BCUT2D eigenvalue weighted by Crippen LogP contribution is -2.33. The van der Waals surface area contributed by atoms with Crippen LogP contribution in [0.5, 0.6) is 0 Å². The van der Waals surface area contributed by atoms with Crippen LogP contribution in [0, 0.1) is 0 Å². The number of carbonyl (C=O) groups excluding carboxylic acids is 1. The molecule has 1 aliphatic rings. The van der Waals surface area contributed by atoms with Gasteiger partial charge in [0.1, 0.15) is 5.58 Å². The van der Waals surface area contributed by atoms with E-state index in [1.807, 2.05) is 42.5 Å². The van der Waals surface area contributed by atoms with Crippen molar-refractivity contribution in [3.05, 3.63) is 63.6 Å². The van der Waals surface area contributed by atoms with Gasteiger partial charge in [-0.3, -0.25) is 4.79 Å². The molecular weight excluding hydrogens is 428 g/mol. The van der Waals surface area contributed by atoms with Crippen molar-refractivity contribution in [2.45, 2.75) is 38.5 Å². The van der Waals surface area contributed by atoms with Crippen molar-refractivity contribution < 1.29 is 9.21 Å². The number of fused-ring (bicyclic) bond motifs is 1. The molecule has 3 aromatic rings. The number of nitrogens with two attached hydrogens (primary N) is 1. The zero-order chi connectivity index (χ0) is 20.4. The van der Waals surface area contributed by atoms with Crippen molar-refractivity contribution >= 4 is 38.6 Å². The molecule has 5 heteroatoms. The molecule has 29 heavy (non-hydrogen) atoms. The molecule has 4 rings (SSSR count). The molecule has 0 atom stereocenters. The summed E-state index contributed by atoms with van der Waals surface area (Å²) in [6.45, 7) is 5.59. The lowest BCUT2D eigenvalue weighted by molar-refractivity contribution is 0.103. The largest absolute Gasteiger partial charge is 0.441 e. The number of piperidine rings is 1. The summed E-state index contributed by atoms with van der Waals surface area (Å²) in [6.07, 6.45) is 4.63. The van der Waals surface area contributed by atoms with E-state index >= 15 is 0 Å². The van der Waals surface area contributed by atoms with Gasteiger partial charge in [-0.15, -0.1) is 0 Å². The number of rotatable bonds is 6. The van der Waals surface area contributed by atoms with Crippen LogP contribution in [0.3, 0.4) is 0 Å². The molecular formula is C24H27BrN2O2. The first-order valence-electron chi connectivity index (χ1n) is 10.4. The predicted octanol–water partition coefficient (Wildman–Crippen LogP) is 5.99. The van der Waals surface area contributed by atoms with Crippen molar-refractivity contribution in [1.29, 1.82) is 0 Å². The number of halogens is 1. The fourth-order valence-corrected chi connectivity index (χ4v) is 4.79. The summed E-state index contributed by atoms with van der Waals surface area (Å²) in [5, 5.41) is 0.979. The molecule has 1 aliphatic heterocycles. The van der Waals surface area contributed by atoms with E-state index in [0.29, 0.717) is 22.9 Å². The number of ketones is 1. The van der Waals surface area contributed by atoms with Gasteiger partial charge in [0.15, 0.2) is 11.7 Å². The average Bonchev–Trinajstić information content (AvgIpc) is 3.07. The van der Waals surface area contributed by atoms with Gasteiger partial charge in [-0.25, -0.2) is 0 Å². The number of nitrogens with zero attached hydrogens (tertiary/aromatic N) is 1. The number of furan rings is 1. The first-order chi connectivity index (χ1) is 14.1. The Labute approximate surface area is 180 Å². The van der Waals surface area contributed by atoms with Crippen LogP contribution in [0.25, 0.3) is 11.0 Å². The number of likely N-dealkylation sites (tertiary alicyclic amines) is 1. The highest BCUT2D eigenvalue weighted by molar-refractivity contribution is 9.10. The molecule has 0 bridgehead atoms. The molecule has 2 heterocycles. The molecule has 0 radical (unpaired) electrons. The maximum absolute atomic E-state index is 13.1. The van der Waals surface area contributed by atoms with Crippen LogP contribution in [-0.4, -0.2) is 30.3 Å². The van der Waals surface area contributed by atoms with E-state index in [1.54, 1.807) is 0 Å². The quantitative estimate of drug-likeness (QED) is 0.464. The minimum Gasteiger partial charge on any atom is -0.441 e. The molecule has 0 spiro atoms. The monoisotopic (exact) mass is 454 g/mol. The van der Waals surface area contributed by atoms with Crippen molar-refractivity contribution in [3.63, 3.8) is 0 Å². The van der Waals surface area contributed by atoms with Gasteiger partial charge in [0, 0.05) is 26.5 Å². The maximum atomic E-state index is 13.1. The van der Waals surface area contributed by atoms with Crippen LogP contribution in [0.15, 0.2) is 51.4 Å². The number of carbonyl (C=O) groups is 1. The first kappa shape index (κ1) is 20.2. The van der Waals surface area contributed by atoms with E-state index < -0.39 is 0 Å². The molecule has 0 amide bonds. The van der Waals surface area contributed by atoms with Crippen molar-refractivity contribution in [2.24, 2.45) is 0 Å². The molecule has 0 aliphatic carbocycles. The number of unbranched alkanes of at least 4 members (excludes halogenated alkanes) is 1. The number of benzene rings is 2. The Morgan fingerprint density at radius 1 is 1.21 bits per heavy atom. The minimum absolute atomic E-state index is 0.000480. The minimum atomic E-state index is -0.000480. The third-order valence-corrected chi connectivity index (χ3v) is 6.65. The van der Waals surface area contributed by atoms with Gasteiger partial charge >= 0.3 is 0 Å². The lowest BCUT2D eigenvalue weighted by Gasteiger charge is -2.31. The Bertz CT molecular complexity index is 1020. The van der Waals surface area contributed by atoms with E-state index in [9.17, 15) is 4.79 Å². The van der Waals surface area contributed by atoms with Gasteiger partial charge in [-0.2, -0.15) is 0 Å². The summed E-state index contributed by atoms with van der Waals surface area (Å²) < 4.78 is 6.65. The molecule has 2 N–H and O–H groups in total. The zero-order valence-corrected chi connectivity index (χ0v) is 18.4. The fourth-order valence-electron chi connectivity index (χ4n) is 4.33. The number of hydrogen-bond donors (Lipinski definition) is 1. The molecule has 1 aromatic heterocycles. The summed E-state index contributed by atoms with van der Waals surface area (Å²) in [5.74, 6) is 0.875. The second kappa shape index (κ2) is 8.72. The Kier molecular flexibility index (Phi) is 6.07. The topological polar surface area (TPSA) is 59.5 Å². The van der Waals surface area contributed by atoms with Crippen LogP contribution >= 0.6 is 15.9 Å². The molecule has 2 aromatic carbocycles. The SMILES string of the molecule is CCCCN1CCC(c2c(N)oc3ccc(C(=O)c4ccccc4Br)cc23)CC1. The maximum Gasteiger partial charge on any atom is 0.195 e. The lowest BCUT2D eigenvalue weighted by atomic mass is 9.87. The molecule has 4 nitrogen and oxygen atoms in total. The second-order valence-electron chi connectivity index (χ2n) is 7.87. The number of nitrogen functional groups attached to an aromatic ring is 1. The molecule has 0 unspecified atom stereocenters. The summed E-state index contributed by atoms with van der Waals surface area (Å²) in [6, 6.07) is 13.2. The van der Waals surface area contributed by atoms with Crippen molar-refractivity contribution in [3.8, 4) is 0 Å². The molecule has 1 fully saturated rings. The Morgan fingerprint density at radius 2 is 1.97 bits per heavy atom. The van der Waals surface area contributed by atoms with Crippen molar-refractivity contribution in [2.75, 3.05) is 25.4 Å². The van der Waals surface area contributed by atoms with Crippen LogP contribution in [0.1, 0.15) is 60.0 Å². The Hall–Kier alpha value is -2.11. The number of anilines is 1. The Morgan fingerprint density at radius 3 is 2.69 bits per heavy atom. The zero-order valence-electron chi connectivity index (χ0n) is 16.8. The van der Waals surface area contributed by atoms with Gasteiger partial charge in [-0.1, -0.05) is 41.4 Å². The third kappa shape index (κ3) is 4.12. The van der Waals surface area contributed by atoms with E-state index in [2.05, 4.69) is 27.8 Å². The first-order valence-corrected chi connectivity index (χ1v) is 11.2. The van der Waals surface area contributed by atoms with Crippen molar-refractivity contribution in [1.82, 2.24) is 4.90 Å². The van der Waals surface area contributed by atoms with E-state index in [0.717, 1.165) is 46.9 Å². The Balaban J connectivity index is 1.62. The highest BCUT2D eigenvalue weighted by Gasteiger charge is 2.26. The third-order valence-electron chi connectivity index (χ3n) is 5.96. The van der Waals surface area contributed by atoms with Gasteiger partial charge in [0.2, 0.25) is 0 Å². The molecule has 1 saturated heterocycles. The molecule has 152 valence electrons. The van der Waals surface area contributed by atoms with E-state index in [-0.39, 0.29) is 5.78 Å². The molecule has 0 saturated carbocycles. The van der Waals surface area contributed by atoms with Gasteiger partial charge in [0.05, 0.1) is 0 Å². The van der Waals surface area contributed by atoms with Crippen LogP contribution in [0.2, 0.25) is 0 Å². The van der Waals surface area contributed by atoms with Gasteiger partial charge < -0.3 is 15.1 Å². The summed E-state index contributed by atoms with van der Waals surface area (Å²) in [5.41, 5.74) is 9.45. The fraction of sp³-hybridized carbons (Fsp3) is 0.375. The standard InChI is InChI=1S/C24H27BrN2O2/c1-2-3-12-27-13-10-16(11-14-27)22-19-15-17(8-9-21(19)29-24(22)26)23(28)18-6-4-5-7-20(18)25/h4-9,15-16H,2-3,10-14,26H2,1H3. The average molecular weight is 455 g/mol. The van der Waals surface area contributed by atoms with Crippen LogP contribution in [0.4, 0.5) is 5.88 Å². The summed E-state index contributed by atoms with van der Waals surface area (Å²) >= 11 is 3.48. The predicted molar refractivity (Wildman–Crippen MR) is 122 cm³/mol. The van der Waals surface area contributed by atoms with Gasteiger partial charge in [0.25, 0.3) is 0 Å². The second-order valence-corrected chi connectivity index (χ2v) is 8.72. The number of hydrogen-bond acceptors (Lipinski definition) is 4. The smallest absolute Gasteiger partial charge is 0.195 e. The van der Waals surface area contributed by atoms with Crippen LogP contribution in [-0.2, 0) is 0 Å².